The second kappa shape index (κ2) is 4.99. The van der Waals surface area contributed by atoms with Crippen LogP contribution < -0.4 is 0 Å². The Bertz CT molecular complexity index is 394. The van der Waals surface area contributed by atoms with Gasteiger partial charge in [0.15, 0.2) is 0 Å². The van der Waals surface area contributed by atoms with Crippen LogP contribution in [0.15, 0.2) is 12.4 Å². The summed E-state index contributed by atoms with van der Waals surface area (Å²) in [5, 5.41) is 6.36. The van der Waals surface area contributed by atoms with Crippen molar-refractivity contribution in [3.63, 3.8) is 0 Å². The fourth-order valence-electron chi connectivity index (χ4n) is 2.04. The molecule has 0 radical (unpaired) electrons. The minimum absolute atomic E-state index is 0.0398. The number of amides is 1. The van der Waals surface area contributed by atoms with Gasteiger partial charge in [-0.3, -0.25) is 14.7 Å². The van der Waals surface area contributed by atoms with E-state index in [1.807, 2.05) is 0 Å². The van der Waals surface area contributed by atoms with Crippen molar-refractivity contribution in [1.82, 2.24) is 15.1 Å². The molecular formula is C11H15N3O3. The molecule has 6 heteroatoms. The number of hydrogen-bond donors (Lipinski definition) is 1. The van der Waals surface area contributed by atoms with E-state index >= 15 is 0 Å². The number of aromatic nitrogens is 2. The second-order valence-corrected chi connectivity index (χ2v) is 4.08. The fourth-order valence-corrected chi connectivity index (χ4v) is 2.04. The third kappa shape index (κ3) is 2.46. The molecule has 92 valence electrons. The first-order chi connectivity index (χ1) is 8.22. The fraction of sp³-hybridized carbons (Fsp3) is 0.545. The minimum atomic E-state index is -0.180. The zero-order valence-electron chi connectivity index (χ0n) is 9.68. The number of carbonyl (C=O) groups excluding carboxylic acids is 2. The van der Waals surface area contributed by atoms with Gasteiger partial charge in [-0.2, -0.15) is 5.10 Å². The van der Waals surface area contributed by atoms with Gasteiger partial charge in [-0.15, -0.1) is 0 Å². The summed E-state index contributed by atoms with van der Waals surface area (Å²) in [5.41, 5.74) is 0.557. The topological polar surface area (TPSA) is 75.3 Å². The molecule has 1 saturated heterocycles. The average Bonchev–Trinajstić information content (AvgIpc) is 2.91. The molecule has 17 heavy (non-hydrogen) atoms. The van der Waals surface area contributed by atoms with E-state index in [0.29, 0.717) is 31.5 Å². The number of piperidine rings is 1. The van der Waals surface area contributed by atoms with Crippen LogP contribution in [-0.4, -0.2) is 47.2 Å². The number of methoxy groups -OCH3 is 1. The van der Waals surface area contributed by atoms with Gasteiger partial charge in [0.1, 0.15) is 0 Å². The van der Waals surface area contributed by atoms with Crippen molar-refractivity contribution in [2.75, 3.05) is 20.2 Å². The zero-order valence-corrected chi connectivity index (χ0v) is 9.68. The van der Waals surface area contributed by atoms with Gasteiger partial charge in [0, 0.05) is 19.3 Å². The second-order valence-electron chi connectivity index (χ2n) is 4.08. The lowest BCUT2D eigenvalue weighted by Crippen LogP contribution is -2.40. The summed E-state index contributed by atoms with van der Waals surface area (Å²) in [6.07, 6.45) is 4.41. The Morgan fingerprint density at radius 3 is 2.71 bits per heavy atom. The molecule has 0 atom stereocenters. The number of hydrogen-bond acceptors (Lipinski definition) is 4. The van der Waals surface area contributed by atoms with Crippen LogP contribution in [0.5, 0.6) is 0 Å². The van der Waals surface area contributed by atoms with E-state index in [1.54, 1.807) is 11.1 Å². The Morgan fingerprint density at radius 1 is 1.47 bits per heavy atom. The summed E-state index contributed by atoms with van der Waals surface area (Å²) in [6.45, 7) is 1.17. The Kier molecular flexibility index (Phi) is 3.41. The average molecular weight is 237 g/mol. The van der Waals surface area contributed by atoms with E-state index in [4.69, 9.17) is 4.74 Å². The largest absolute Gasteiger partial charge is 0.469 e. The number of H-pyrrole nitrogens is 1. The summed E-state index contributed by atoms with van der Waals surface area (Å²) < 4.78 is 4.70. The molecule has 1 aromatic rings. The number of likely N-dealkylation sites (tertiary alicyclic amines) is 1. The molecule has 1 N–H and O–H groups in total. The molecule has 6 nitrogen and oxygen atoms in total. The lowest BCUT2D eigenvalue weighted by atomic mass is 9.97. The van der Waals surface area contributed by atoms with Gasteiger partial charge in [0.2, 0.25) is 0 Å². The lowest BCUT2D eigenvalue weighted by molar-refractivity contribution is -0.146. The van der Waals surface area contributed by atoms with E-state index in [2.05, 4.69) is 10.2 Å². The Labute approximate surface area is 98.9 Å². The summed E-state index contributed by atoms with van der Waals surface area (Å²) in [7, 11) is 1.39. The van der Waals surface area contributed by atoms with Crippen LogP contribution in [0.25, 0.3) is 0 Å². The van der Waals surface area contributed by atoms with E-state index in [1.165, 1.54) is 13.3 Å². The Balaban J connectivity index is 1.91. The van der Waals surface area contributed by atoms with Gasteiger partial charge in [-0.25, -0.2) is 0 Å². The molecule has 0 aliphatic carbocycles. The van der Waals surface area contributed by atoms with Crippen molar-refractivity contribution in [2.45, 2.75) is 12.8 Å². The number of rotatable bonds is 2. The van der Waals surface area contributed by atoms with Crippen LogP contribution in [-0.2, 0) is 9.53 Å². The highest BCUT2D eigenvalue weighted by Gasteiger charge is 2.28. The molecule has 1 aromatic heterocycles. The number of nitrogens with one attached hydrogen (secondary N) is 1. The molecule has 1 aliphatic rings. The van der Waals surface area contributed by atoms with Gasteiger partial charge in [0.25, 0.3) is 5.91 Å². The maximum atomic E-state index is 12.0. The first-order valence-electron chi connectivity index (χ1n) is 5.58. The molecule has 2 rings (SSSR count). The summed E-state index contributed by atoms with van der Waals surface area (Å²) in [6, 6.07) is 0. The van der Waals surface area contributed by atoms with Crippen LogP contribution in [0.4, 0.5) is 0 Å². The SMILES string of the molecule is COC(=O)C1CCN(C(=O)c2cn[nH]c2)CC1. The normalized spacial score (nSPS) is 16.9. The number of esters is 1. The third-order valence-corrected chi connectivity index (χ3v) is 3.06. The molecule has 0 spiro atoms. The predicted molar refractivity (Wildman–Crippen MR) is 59.2 cm³/mol. The number of ether oxygens (including phenoxy) is 1. The van der Waals surface area contributed by atoms with Crippen LogP contribution in [0, 0.1) is 5.92 Å². The highest BCUT2D eigenvalue weighted by atomic mass is 16.5. The molecule has 0 unspecified atom stereocenters. The van der Waals surface area contributed by atoms with Gasteiger partial charge >= 0.3 is 5.97 Å². The molecule has 1 fully saturated rings. The lowest BCUT2D eigenvalue weighted by Gasteiger charge is -2.30. The molecule has 0 aromatic carbocycles. The first-order valence-corrected chi connectivity index (χ1v) is 5.58. The number of aromatic amines is 1. The molecule has 2 heterocycles. The maximum absolute atomic E-state index is 12.0. The van der Waals surface area contributed by atoms with E-state index in [-0.39, 0.29) is 17.8 Å². The summed E-state index contributed by atoms with van der Waals surface area (Å²) in [5.74, 6) is -0.295. The summed E-state index contributed by atoms with van der Waals surface area (Å²) in [4.78, 5) is 25.0. The van der Waals surface area contributed by atoms with Gasteiger partial charge in [-0.05, 0) is 12.8 Å². The summed E-state index contributed by atoms with van der Waals surface area (Å²) >= 11 is 0. The van der Waals surface area contributed by atoms with Crippen LogP contribution in [0.1, 0.15) is 23.2 Å². The monoisotopic (exact) mass is 237 g/mol. The van der Waals surface area contributed by atoms with Crippen molar-refractivity contribution < 1.29 is 14.3 Å². The van der Waals surface area contributed by atoms with E-state index in [9.17, 15) is 9.59 Å². The van der Waals surface area contributed by atoms with Gasteiger partial charge in [0.05, 0.1) is 24.8 Å². The molecular weight excluding hydrogens is 222 g/mol. The van der Waals surface area contributed by atoms with Crippen LogP contribution >= 0.6 is 0 Å². The molecule has 1 amide bonds. The predicted octanol–water partition coefficient (Wildman–Crippen LogP) is 0.435. The van der Waals surface area contributed by atoms with Gasteiger partial charge in [-0.1, -0.05) is 0 Å². The molecule has 1 aliphatic heterocycles. The van der Waals surface area contributed by atoms with Crippen LogP contribution in [0.3, 0.4) is 0 Å². The highest BCUT2D eigenvalue weighted by Crippen LogP contribution is 2.19. The number of carbonyl (C=O) groups is 2. The first kappa shape index (κ1) is 11.6. The van der Waals surface area contributed by atoms with Crippen molar-refractivity contribution >= 4 is 11.9 Å². The van der Waals surface area contributed by atoms with Crippen LogP contribution in [0.2, 0.25) is 0 Å². The van der Waals surface area contributed by atoms with Crippen molar-refractivity contribution in [1.29, 1.82) is 0 Å². The molecule has 0 saturated carbocycles. The smallest absolute Gasteiger partial charge is 0.308 e. The standard InChI is InChI=1S/C11H15N3O3/c1-17-11(16)8-2-4-14(5-3-8)10(15)9-6-12-13-7-9/h6-8H,2-5H2,1H3,(H,12,13). The zero-order chi connectivity index (χ0) is 12.3. The number of nitrogens with zero attached hydrogens (tertiary/aromatic N) is 2. The Morgan fingerprint density at radius 2 is 2.18 bits per heavy atom. The Hall–Kier alpha value is -1.85. The quantitative estimate of drug-likeness (QED) is 0.757. The van der Waals surface area contributed by atoms with Crippen molar-refractivity contribution in [3.8, 4) is 0 Å². The van der Waals surface area contributed by atoms with Gasteiger partial charge < -0.3 is 9.64 Å². The molecule has 0 bridgehead atoms. The van der Waals surface area contributed by atoms with E-state index < -0.39 is 0 Å². The van der Waals surface area contributed by atoms with E-state index in [0.717, 1.165) is 0 Å². The van der Waals surface area contributed by atoms with Crippen molar-refractivity contribution in [3.05, 3.63) is 18.0 Å². The van der Waals surface area contributed by atoms with Crippen molar-refractivity contribution in [2.24, 2.45) is 5.92 Å². The highest BCUT2D eigenvalue weighted by molar-refractivity contribution is 5.93. The minimum Gasteiger partial charge on any atom is -0.469 e. The third-order valence-electron chi connectivity index (χ3n) is 3.06. The maximum Gasteiger partial charge on any atom is 0.308 e.